The molecule has 1 spiro atoms. The zero-order valence-electron chi connectivity index (χ0n) is 37.9. The summed E-state index contributed by atoms with van der Waals surface area (Å²) in [4.78, 5) is 68.7. The van der Waals surface area contributed by atoms with Crippen molar-refractivity contribution in [3.05, 3.63) is 178 Å². The summed E-state index contributed by atoms with van der Waals surface area (Å²) in [7, 11) is 0. The Balaban J connectivity index is 1.26. The second-order valence-electron chi connectivity index (χ2n) is 18.6. The Bertz CT molecular complexity index is 2740. The smallest absolute Gasteiger partial charge is 0.329 e. The van der Waals surface area contributed by atoms with Gasteiger partial charge in [0.25, 0.3) is 0 Å². The molecule has 0 aromatic heterocycles. The molecule has 3 fully saturated rings. The summed E-state index contributed by atoms with van der Waals surface area (Å²) in [5.41, 5.74) is 3.58. The number of hydrogen-bond donors (Lipinski definition) is 2. The highest BCUT2D eigenvalue weighted by Crippen LogP contribution is 2.66. The number of fused-ring (bicyclic) bond motifs is 3. The van der Waals surface area contributed by atoms with Crippen LogP contribution in [-0.4, -0.2) is 57.9 Å². The lowest BCUT2D eigenvalue weighted by Crippen LogP contribution is -2.57. The third-order valence-corrected chi connectivity index (χ3v) is 14.6. The van der Waals surface area contributed by atoms with Crippen LogP contribution in [-0.2, 0) is 24.5 Å². The van der Waals surface area contributed by atoms with Crippen LogP contribution in [0, 0.1) is 17.8 Å². The maximum atomic E-state index is 16.7. The third-order valence-electron chi connectivity index (χ3n) is 14.6. The van der Waals surface area contributed by atoms with Crippen LogP contribution in [0.5, 0.6) is 5.75 Å². The van der Waals surface area contributed by atoms with E-state index >= 15 is 19.2 Å². The number of likely N-dealkylation sites (tertiary alicyclic amines) is 1. The van der Waals surface area contributed by atoms with Gasteiger partial charge in [-0.05, 0) is 109 Å². The van der Waals surface area contributed by atoms with Crippen molar-refractivity contribution < 1.29 is 29.0 Å². The second-order valence-corrected chi connectivity index (χ2v) is 18.6. The standard InChI is InChI=1S/C57H56N4O6/c1-38(41-21-11-6-12-22-41)58-56(66)60-47-34-29-40(28-27-39-19-9-5-10-20-39)37-46(47)57(55(60)65)48(53(63)59-35-17-3-2-4-18-36-59)50-54(64)67-51(43-25-15-8-16-26-43)49(42-23-13-7-14-24-42)61(50)52(57)44-30-32-45(62)33-31-44/h6-8,11-16,19,21-26,29-34,37-38,48-52,62H,2-5,9-10,17-18,20,35-36H2,1H3,(H,58,66)/t38-,48+,49+,50+,51-,52-,57+/m1/s1. The largest absolute Gasteiger partial charge is 0.508 e. The Morgan fingerprint density at radius 3 is 2.06 bits per heavy atom. The number of imide groups is 1. The lowest BCUT2D eigenvalue weighted by molar-refractivity contribution is -0.179. The number of phenols is 1. The molecule has 10 rings (SSSR count). The van der Waals surface area contributed by atoms with E-state index in [0.717, 1.165) is 80.1 Å². The van der Waals surface area contributed by atoms with Gasteiger partial charge in [-0.3, -0.25) is 19.3 Å². The Kier molecular flexibility index (Phi) is 12.3. The van der Waals surface area contributed by atoms with Gasteiger partial charge in [0.1, 0.15) is 23.3 Å². The van der Waals surface area contributed by atoms with Crippen molar-refractivity contribution in [3.63, 3.8) is 0 Å². The Morgan fingerprint density at radius 1 is 0.731 bits per heavy atom. The molecule has 4 heterocycles. The fourth-order valence-electron chi connectivity index (χ4n) is 11.5. The minimum absolute atomic E-state index is 0.0176. The van der Waals surface area contributed by atoms with Crippen LogP contribution >= 0.6 is 0 Å². The first-order chi connectivity index (χ1) is 32.8. The molecule has 67 heavy (non-hydrogen) atoms. The molecule has 5 aromatic rings. The Morgan fingerprint density at radius 2 is 1.39 bits per heavy atom. The number of amides is 4. The van der Waals surface area contributed by atoms with Gasteiger partial charge >= 0.3 is 12.0 Å². The number of carbonyl (C=O) groups excluding carboxylic acids is 4. The summed E-state index contributed by atoms with van der Waals surface area (Å²) in [5.74, 6) is 3.90. The molecule has 0 bridgehead atoms. The lowest BCUT2D eigenvalue weighted by Gasteiger charge is -2.46. The average molecular weight is 893 g/mol. The number of carbonyl (C=O) groups is 4. The number of esters is 1. The molecule has 3 saturated heterocycles. The molecule has 0 saturated carbocycles. The predicted octanol–water partition coefficient (Wildman–Crippen LogP) is 10.2. The number of benzene rings is 5. The monoisotopic (exact) mass is 892 g/mol. The molecule has 0 unspecified atom stereocenters. The first-order valence-corrected chi connectivity index (χ1v) is 24.0. The summed E-state index contributed by atoms with van der Waals surface area (Å²) < 4.78 is 6.68. The average Bonchev–Trinajstić information content (AvgIpc) is 3.80. The molecule has 4 amide bonds. The Hall–Kier alpha value is -6.96. The number of nitrogens with one attached hydrogen (secondary N) is 1. The van der Waals surface area contributed by atoms with E-state index in [1.54, 1.807) is 30.3 Å². The van der Waals surface area contributed by atoms with E-state index in [2.05, 4.69) is 28.1 Å². The molecular formula is C57H56N4O6. The van der Waals surface area contributed by atoms with Crippen molar-refractivity contribution in [2.75, 3.05) is 18.0 Å². The van der Waals surface area contributed by atoms with Crippen molar-refractivity contribution >= 4 is 29.5 Å². The number of rotatable bonds is 6. The van der Waals surface area contributed by atoms with Gasteiger partial charge in [0.15, 0.2) is 0 Å². The summed E-state index contributed by atoms with van der Waals surface area (Å²) in [6, 6.07) is 37.0. The van der Waals surface area contributed by atoms with E-state index in [4.69, 9.17) is 4.74 Å². The van der Waals surface area contributed by atoms with Gasteiger partial charge in [0, 0.05) is 18.7 Å². The van der Waals surface area contributed by atoms with Gasteiger partial charge in [0.05, 0.1) is 29.7 Å². The maximum absolute atomic E-state index is 16.7. The van der Waals surface area contributed by atoms with E-state index < -0.39 is 59.5 Å². The van der Waals surface area contributed by atoms with E-state index in [1.165, 1.54) is 4.90 Å². The van der Waals surface area contributed by atoms with E-state index in [0.29, 0.717) is 35.5 Å². The van der Waals surface area contributed by atoms with Crippen molar-refractivity contribution in [2.45, 2.75) is 100 Å². The summed E-state index contributed by atoms with van der Waals surface area (Å²) >= 11 is 0. The SMILES string of the molecule is C[C@@H](NC(=O)N1C(=O)[C@@]2(c3cc(C#CC4=CCCCC4)ccc31)[C@H](C(=O)N1CCCCCCC1)[C@H]1C(=O)O[C@H](c3ccccc3)[C@H](c3ccccc3)N1[C@@H]2c1ccc(O)cc1)c1ccccc1. The zero-order valence-corrected chi connectivity index (χ0v) is 37.9. The van der Waals surface area contributed by atoms with Gasteiger partial charge in [-0.25, -0.2) is 9.69 Å². The maximum Gasteiger partial charge on any atom is 0.329 e. The van der Waals surface area contributed by atoms with Crippen LogP contribution < -0.4 is 10.2 Å². The first-order valence-electron chi connectivity index (χ1n) is 24.0. The van der Waals surface area contributed by atoms with Crippen LogP contribution in [0.1, 0.15) is 122 Å². The predicted molar refractivity (Wildman–Crippen MR) is 257 cm³/mol. The minimum Gasteiger partial charge on any atom is -0.508 e. The Labute approximate surface area is 392 Å². The van der Waals surface area contributed by atoms with Gasteiger partial charge in [-0.2, -0.15) is 0 Å². The molecule has 5 aliphatic rings. The van der Waals surface area contributed by atoms with Gasteiger partial charge in [0.2, 0.25) is 11.8 Å². The molecule has 7 atom stereocenters. The number of nitrogens with zero attached hydrogens (tertiary/aromatic N) is 3. The quantitative estimate of drug-likeness (QED) is 0.129. The first kappa shape index (κ1) is 43.9. The second kappa shape index (κ2) is 18.7. The zero-order chi connectivity index (χ0) is 46.1. The topological polar surface area (TPSA) is 119 Å². The van der Waals surface area contributed by atoms with Crippen molar-refractivity contribution in [1.29, 1.82) is 0 Å². The van der Waals surface area contributed by atoms with Crippen LogP contribution in [0.4, 0.5) is 10.5 Å². The normalized spacial score (nSPS) is 25.4. The van der Waals surface area contributed by atoms with E-state index in [1.807, 2.05) is 115 Å². The molecule has 340 valence electrons. The summed E-state index contributed by atoms with van der Waals surface area (Å²) in [5, 5.41) is 13.9. The number of anilines is 1. The van der Waals surface area contributed by atoms with Crippen LogP contribution in [0.15, 0.2) is 145 Å². The molecular weight excluding hydrogens is 837 g/mol. The number of aromatic hydroxyl groups is 1. The highest BCUT2D eigenvalue weighted by Gasteiger charge is 2.76. The molecule has 0 radical (unpaired) electrons. The van der Waals surface area contributed by atoms with Crippen LogP contribution in [0.25, 0.3) is 0 Å². The molecule has 1 aliphatic carbocycles. The molecule has 5 aromatic carbocycles. The fraction of sp³-hybridized carbons (Fsp3) is 0.333. The van der Waals surface area contributed by atoms with Crippen molar-refractivity contribution in [2.24, 2.45) is 5.92 Å². The number of urea groups is 1. The van der Waals surface area contributed by atoms with Gasteiger partial charge in [-0.15, -0.1) is 0 Å². The number of morpholine rings is 1. The number of ether oxygens (including phenoxy) is 1. The van der Waals surface area contributed by atoms with Gasteiger partial charge in [-0.1, -0.05) is 140 Å². The number of allylic oxidation sites excluding steroid dienone is 2. The van der Waals surface area contributed by atoms with Crippen LogP contribution in [0.3, 0.4) is 0 Å². The fourth-order valence-corrected chi connectivity index (χ4v) is 11.5. The number of cyclic esters (lactones) is 1. The molecule has 10 heteroatoms. The van der Waals surface area contributed by atoms with Crippen LogP contribution in [0.2, 0.25) is 0 Å². The third kappa shape index (κ3) is 7.99. The van der Waals surface area contributed by atoms with Crippen molar-refractivity contribution in [3.8, 4) is 17.6 Å². The molecule has 2 N–H and O–H groups in total. The number of phenolic OH excluding ortho intramolecular Hbond substituents is 1. The summed E-state index contributed by atoms with van der Waals surface area (Å²) in [6.45, 7) is 2.80. The highest BCUT2D eigenvalue weighted by molar-refractivity contribution is 6.24. The summed E-state index contributed by atoms with van der Waals surface area (Å²) in [6.07, 6.45) is 9.89. The van der Waals surface area contributed by atoms with E-state index in [9.17, 15) is 5.11 Å². The minimum atomic E-state index is -1.89. The molecule has 10 nitrogen and oxygen atoms in total. The highest BCUT2D eigenvalue weighted by atomic mass is 16.6. The number of hydrogen-bond acceptors (Lipinski definition) is 7. The van der Waals surface area contributed by atoms with Crippen molar-refractivity contribution in [1.82, 2.24) is 15.1 Å². The van der Waals surface area contributed by atoms with Gasteiger partial charge < -0.3 is 20.1 Å². The van der Waals surface area contributed by atoms with E-state index in [-0.39, 0.29) is 11.7 Å². The lowest BCUT2D eigenvalue weighted by atomic mass is 9.64. The molecule has 4 aliphatic heterocycles.